The zero-order chi connectivity index (χ0) is 32.2. The third-order valence-electron chi connectivity index (χ3n) is 7.27. The maximum atomic E-state index is 13.9. The number of halogens is 3. The van der Waals surface area contributed by atoms with E-state index >= 15 is 0 Å². The maximum absolute atomic E-state index is 13.9. The summed E-state index contributed by atoms with van der Waals surface area (Å²) < 4.78 is 21.7. The first kappa shape index (κ1) is 32.9. The summed E-state index contributed by atoms with van der Waals surface area (Å²) in [5.74, 6) is 2.57. The van der Waals surface area contributed by atoms with E-state index in [9.17, 15) is 4.79 Å². The molecule has 45 heavy (non-hydrogen) atoms. The molecule has 5 rings (SSSR count). The van der Waals surface area contributed by atoms with Crippen LogP contribution in [0.3, 0.4) is 0 Å². The number of ether oxygens (including phenoxy) is 3. The van der Waals surface area contributed by atoms with Gasteiger partial charge in [0.2, 0.25) is 0 Å². The van der Waals surface area contributed by atoms with Crippen LogP contribution in [0.15, 0.2) is 90.0 Å². The molecule has 0 N–H and O–H groups in total. The molecule has 10 heteroatoms. The summed E-state index contributed by atoms with van der Waals surface area (Å²) in [4.78, 5) is 18.8. The molecule has 1 heterocycles. The van der Waals surface area contributed by atoms with Gasteiger partial charge in [-0.25, -0.2) is 4.98 Å². The fourth-order valence-electron chi connectivity index (χ4n) is 4.91. The van der Waals surface area contributed by atoms with E-state index in [1.807, 2.05) is 68.4 Å². The van der Waals surface area contributed by atoms with Gasteiger partial charge >= 0.3 is 0 Å². The van der Waals surface area contributed by atoms with Crippen LogP contribution in [0.2, 0.25) is 0 Å². The van der Waals surface area contributed by atoms with Gasteiger partial charge in [-0.05, 0) is 95.4 Å². The highest BCUT2D eigenvalue weighted by atomic mass is 79.9. The Labute approximate surface area is 287 Å². The van der Waals surface area contributed by atoms with Crippen molar-refractivity contribution in [2.75, 3.05) is 13.7 Å². The normalized spacial score (nSPS) is 11.5. The standard InChI is InChI=1S/C35H32Br3N3O4/c1-6-44-31-13-21(4)27(16-26(31)20(2)3)34-40-30-10-8-7-9-25(30)35(42)41(34)39-18-23-14-32(43-5)33(17-29(23)38)45-19-22-11-12-24(36)15-28(22)37/h7-18,20H,6,19H2,1-5H3. The van der Waals surface area contributed by atoms with Crippen LogP contribution >= 0.6 is 47.8 Å². The monoisotopic (exact) mass is 795 g/mol. The Bertz CT molecular complexity index is 1970. The molecule has 5 aromatic rings. The molecule has 0 aliphatic rings. The van der Waals surface area contributed by atoms with Gasteiger partial charge in [-0.15, -0.1) is 0 Å². The summed E-state index contributed by atoms with van der Waals surface area (Å²) in [6.07, 6.45) is 1.62. The van der Waals surface area contributed by atoms with Gasteiger partial charge in [-0.2, -0.15) is 9.78 Å². The highest BCUT2D eigenvalue weighted by molar-refractivity contribution is 9.11. The van der Waals surface area contributed by atoms with Crippen molar-refractivity contribution in [3.8, 4) is 28.6 Å². The molecule has 0 bridgehead atoms. The van der Waals surface area contributed by atoms with Crippen molar-refractivity contribution >= 4 is 64.9 Å². The molecule has 0 saturated carbocycles. The average Bonchev–Trinajstić information content (AvgIpc) is 3.01. The Morgan fingerprint density at radius 3 is 2.42 bits per heavy atom. The third kappa shape index (κ3) is 7.18. The number of aryl methyl sites for hydroxylation is 1. The van der Waals surface area contributed by atoms with Crippen molar-refractivity contribution in [2.24, 2.45) is 5.10 Å². The Morgan fingerprint density at radius 1 is 0.933 bits per heavy atom. The summed E-state index contributed by atoms with van der Waals surface area (Å²) in [6, 6.07) is 20.9. The Hall–Kier alpha value is -3.47. The van der Waals surface area contributed by atoms with Crippen LogP contribution in [-0.2, 0) is 6.61 Å². The van der Waals surface area contributed by atoms with E-state index in [4.69, 9.17) is 24.3 Å². The summed E-state index contributed by atoms with van der Waals surface area (Å²) >= 11 is 10.7. The molecule has 4 aromatic carbocycles. The number of hydrogen-bond acceptors (Lipinski definition) is 6. The lowest BCUT2D eigenvalue weighted by Gasteiger charge is -2.18. The van der Waals surface area contributed by atoms with Gasteiger partial charge in [-0.3, -0.25) is 4.79 Å². The van der Waals surface area contributed by atoms with Gasteiger partial charge < -0.3 is 14.2 Å². The first-order chi connectivity index (χ1) is 21.6. The van der Waals surface area contributed by atoms with E-state index in [-0.39, 0.29) is 11.5 Å². The summed E-state index contributed by atoms with van der Waals surface area (Å²) in [5.41, 5.74) is 4.79. The molecule has 1 aromatic heterocycles. The van der Waals surface area contributed by atoms with Crippen molar-refractivity contribution in [2.45, 2.75) is 40.2 Å². The lowest BCUT2D eigenvalue weighted by Crippen LogP contribution is -2.21. The van der Waals surface area contributed by atoms with Crippen LogP contribution in [0, 0.1) is 6.92 Å². The lowest BCUT2D eigenvalue weighted by atomic mass is 9.96. The molecule has 0 aliphatic carbocycles. The van der Waals surface area contributed by atoms with Gasteiger partial charge in [0, 0.05) is 30.1 Å². The molecule has 0 aliphatic heterocycles. The van der Waals surface area contributed by atoms with Gasteiger partial charge in [0.1, 0.15) is 12.4 Å². The number of hydrogen-bond donors (Lipinski definition) is 0. The summed E-state index contributed by atoms with van der Waals surface area (Å²) in [7, 11) is 1.59. The first-order valence-corrected chi connectivity index (χ1v) is 16.8. The average molecular weight is 798 g/mol. The highest BCUT2D eigenvalue weighted by Gasteiger charge is 2.19. The minimum absolute atomic E-state index is 0.198. The smallest absolute Gasteiger partial charge is 0.282 e. The van der Waals surface area contributed by atoms with Crippen molar-refractivity contribution < 1.29 is 14.2 Å². The van der Waals surface area contributed by atoms with Crippen LogP contribution in [-0.4, -0.2) is 29.6 Å². The zero-order valence-corrected chi connectivity index (χ0v) is 30.3. The van der Waals surface area contributed by atoms with Gasteiger partial charge in [0.05, 0.1) is 30.8 Å². The maximum Gasteiger partial charge on any atom is 0.282 e. The van der Waals surface area contributed by atoms with Crippen molar-refractivity contribution in [1.82, 2.24) is 9.66 Å². The van der Waals surface area contributed by atoms with Crippen LogP contribution < -0.4 is 19.8 Å². The first-order valence-electron chi connectivity index (χ1n) is 14.4. The minimum atomic E-state index is -0.269. The molecule has 0 amide bonds. The number of aromatic nitrogens is 2. The van der Waals surface area contributed by atoms with Crippen LogP contribution in [0.4, 0.5) is 0 Å². The van der Waals surface area contributed by atoms with Gasteiger partial charge in [-0.1, -0.05) is 63.9 Å². The summed E-state index contributed by atoms with van der Waals surface area (Å²) in [5, 5.41) is 5.18. The molecule has 0 spiro atoms. The molecular formula is C35H32Br3N3O4. The SMILES string of the molecule is CCOc1cc(C)c(-c2nc3ccccc3c(=O)n2N=Cc2cc(OC)c(OCc3ccc(Br)cc3Br)cc2Br)cc1C(C)C. The topological polar surface area (TPSA) is 74.9 Å². The lowest BCUT2D eigenvalue weighted by molar-refractivity contribution is 0.283. The predicted molar refractivity (Wildman–Crippen MR) is 191 cm³/mol. The van der Waals surface area contributed by atoms with Crippen molar-refractivity contribution in [1.29, 1.82) is 0 Å². The Balaban J connectivity index is 1.58. The fraction of sp³-hybridized carbons (Fsp3) is 0.229. The quantitative estimate of drug-likeness (QED) is 0.132. The van der Waals surface area contributed by atoms with E-state index in [1.165, 1.54) is 4.68 Å². The molecule has 0 unspecified atom stereocenters. The highest BCUT2D eigenvalue weighted by Crippen LogP contribution is 2.36. The molecule has 232 valence electrons. The second-order valence-corrected chi connectivity index (χ2v) is 13.3. The van der Waals surface area contributed by atoms with E-state index in [0.717, 1.165) is 41.4 Å². The van der Waals surface area contributed by atoms with Gasteiger partial charge in [0.15, 0.2) is 17.3 Å². The zero-order valence-electron chi connectivity index (χ0n) is 25.5. The van der Waals surface area contributed by atoms with E-state index in [2.05, 4.69) is 67.7 Å². The Morgan fingerprint density at radius 2 is 1.71 bits per heavy atom. The van der Waals surface area contributed by atoms with Crippen molar-refractivity contribution in [3.63, 3.8) is 0 Å². The predicted octanol–water partition coefficient (Wildman–Crippen LogP) is 9.65. The molecule has 0 radical (unpaired) electrons. The van der Waals surface area contributed by atoms with Crippen LogP contribution in [0.1, 0.15) is 48.9 Å². The third-order valence-corrected chi connectivity index (χ3v) is 9.19. The van der Waals surface area contributed by atoms with E-state index < -0.39 is 0 Å². The minimum Gasteiger partial charge on any atom is -0.494 e. The summed E-state index contributed by atoms with van der Waals surface area (Å²) in [6.45, 7) is 9.09. The molecule has 0 fully saturated rings. The number of fused-ring (bicyclic) bond motifs is 1. The van der Waals surface area contributed by atoms with Crippen LogP contribution in [0.25, 0.3) is 22.3 Å². The molecular weight excluding hydrogens is 766 g/mol. The Kier molecular flexibility index (Phi) is 10.5. The molecule has 0 atom stereocenters. The van der Waals surface area contributed by atoms with E-state index in [0.29, 0.717) is 47.0 Å². The number of nitrogens with zero attached hydrogens (tertiary/aromatic N) is 3. The second kappa shape index (κ2) is 14.3. The van der Waals surface area contributed by atoms with Crippen LogP contribution in [0.5, 0.6) is 17.2 Å². The van der Waals surface area contributed by atoms with Gasteiger partial charge in [0.25, 0.3) is 5.56 Å². The largest absolute Gasteiger partial charge is 0.494 e. The number of methoxy groups -OCH3 is 1. The fourth-order valence-corrected chi connectivity index (χ4v) is 6.50. The molecule has 7 nitrogen and oxygen atoms in total. The second-order valence-electron chi connectivity index (χ2n) is 10.7. The van der Waals surface area contributed by atoms with Crippen molar-refractivity contribution in [3.05, 3.63) is 113 Å². The van der Waals surface area contributed by atoms with E-state index in [1.54, 1.807) is 19.4 Å². The number of benzene rings is 4. The molecule has 0 saturated heterocycles. The number of rotatable bonds is 10. The number of para-hydroxylation sites is 1.